The van der Waals surface area contributed by atoms with Gasteiger partial charge >= 0.3 is 13.8 Å². The molecule has 0 saturated carbocycles. The molecule has 0 aromatic heterocycles. The van der Waals surface area contributed by atoms with Gasteiger partial charge in [-0.15, -0.1) is 0 Å². The number of allylic oxidation sites excluding steroid dienone is 1. The fraction of sp³-hybridized carbons (Fsp3) is 0.667. The normalized spacial score (nSPS) is 12.4. The molecular weight excluding hydrogens is 235 g/mol. The molecule has 16 heavy (non-hydrogen) atoms. The van der Waals surface area contributed by atoms with Gasteiger partial charge < -0.3 is 9.26 Å². The second-order valence-electron chi connectivity index (χ2n) is 2.71. The standard InChI is InChI=1S/C9H17O6P/c1-5-12-16(11,13-6-2)14-7-8(3)15-9(4)10/h7H,5-6H2,1-4H3/b8-7+. The number of ether oxygens (including phenoxy) is 1. The SMILES string of the molecule is CCOP(=O)(O/C=C(\C)OC(C)=O)OCC. The lowest BCUT2D eigenvalue weighted by Gasteiger charge is -2.14. The van der Waals surface area contributed by atoms with Gasteiger partial charge in [0, 0.05) is 6.92 Å². The zero-order valence-corrected chi connectivity index (χ0v) is 10.8. The smallest absolute Gasteiger partial charge is 0.428 e. The first-order valence-corrected chi connectivity index (χ1v) is 6.32. The van der Waals surface area contributed by atoms with E-state index in [0.29, 0.717) is 0 Å². The van der Waals surface area contributed by atoms with Gasteiger partial charge in [-0.2, -0.15) is 0 Å². The lowest BCUT2D eigenvalue weighted by molar-refractivity contribution is -0.136. The molecule has 0 heterocycles. The lowest BCUT2D eigenvalue weighted by atomic mass is 10.6. The van der Waals surface area contributed by atoms with E-state index in [1.165, 1.54) is 13.8 Å². The molecule has 0 aromatic carbocycles. The highest BCUT2D eigenvalue weighted by Gasteiger charge is 2.25. The summed E-state index contributed by atoms with van der Waals surface area (Å²) in [7, 11) is -3.58. The summed E-state index contributed by atoms with van der Waals surface area (Å²) in [6, 6.07) is 0. The largest absolute Gasteiger partial charge is 0.529 e. The van der Waals surface area contributed by atoms with Crippen molar-refractivity contribution < 1.29 is 27.7 Å². The van der Waals surface area contributed by atoms with Crippen LogP contribution >= 0.6 is 7.82 Å². The molecule has 0 fully saturated rings. The predicted octanol–water partition coefficient (Wildman–Crippen LogP) is 2.61. The third-order valence-corrected chi connectivity index (χ3v) is 2.74. The fourth-order valence-corrected chi connectivity index (χ4v) is 1.91. The lowest BCUT2D eigenvalue weighted by Crippen LogP contribution is -1.99. The molecule has 7 heteroatoms. The monoisotopic (exact) mass is 252 g/mol. The molecule has 0 rings (SSSR count). The van der Waals surface area contributed by atoms with Gasteiger partial charge in [0.25, 0.3) is 0 Å². The molecule has 0 radical (unpaired) electrons. The molecule has 94 valence electrons. The second kappa shape index (κ2) is 7.44. The van der Waals surface area contributed by atoms with Crippen molar-refractivity contribution >= 4 is 13.8 Å². The van der Waals surface area contributed by atoms with Crippen molar-refractivity contribution in [1.29, 1.82) is 0 Å². The number of phosphoric acid groups is 1. The summed E-state index contributed by atoms with van der Waals surface area (Å²) in [6.07, 6.45) is 1.04. The number of rotatable bonds is 7. The van der Waals surface area contributed by atoms with Gasteiger partial charge in [0.2, 0.25) is 0 Å². The van der Waals surface area contributed by atoms with Crippen LogP contribution in [-0.4, -0.2) is 19.2 Å². The number of carbonyl (C=O) groups is 1. The molecule has 0 aromatic rings. The van der Waals surface area contributed by atoms with Crippen LogP contribution in [0.2, 0.25) is 0 Å². The van der Waals surface area contributed by atoms with E-state index in [0.717, 1.165) is 6.26 Å². The summed E-state index contributed by atoms with van der Waals surface area (Å²) in [6.45, 7) is 6.45. The first-order chi connectivity index (χ1) is 7.43. The summed E-state index contributed by atoms with van der Waals surface area (Å²) < 4.78 is 31.0. The Morgan fingerprint density at radius 2 is 1.69 bits per heavy atom. The zero-order chi connectivity index (χ0) is 12.6. The van der Waals surface area contributed by atoms with Crippen molar-refractivity contribution in [2.24, 2.45) is 0 Å². The molecule has 6 nitrogen and oxygen atoms in total. The summed E-state index contributed by atoms with van der Waals surface area (Å²) in [5, 5.41) is 0. The Kier molecular flexibility index (Phi) is 7.05. The maximum absolute atomic E-state index is 11.8. The van der Waals surface area contributed by atoms with Crippen LogP contribution in [0.3, 0.4) is 0 Å². The van der Waals surface area contributed by atoms with Gasteiger partial charge in [0.1, 0.15) is 12.0 Å². The Labute approximate surface area is 95.1 Å². The maximum Gasteiger partial charge on any atom is 0.529 e. The summed E-state index contributed by atoms with van der Waals surface area (Å²) in [5.74, 6) is -0.313. The van der Waals surface area contributed by atoms with Crippen LogP contribution in [0.25, 0.3) is 0 Å². The summed E-state index contributed by atoms with van der Waals surface area (Å²) in [5.41, 5.74) is 0. The molecule has 0 amide bonds. The molecule has 0 spiro atoms. The number of hydrogen-bond donors (Lipinski definition) is 0. The van der Waals surface area contributed by atoms with Crippen molar-refractivity contribution in [2.45, 2.75) is 27.7 Å². The predicted molar refractivity (Wildman–Crippen MR) is 57.5 cm³/mol. The van der Waals surface area contributed by atoms with Gasteiger partial charge in [-0.25, -0.2) is 4.57 Å². The van der Waals surface area contributed by atoms with Crippen molar-refractivity contribution in [3.8, 4) is 0 Å². The zero-order valence-electron chi connectivity index (χ0n) is 9.89. The summed E-state index contributed by atoms with van der Waals surface area (Å²) in [4.78, 5) is 10.6. The Bertz CT molecular complexity index is 288. The quantitative estimate of drug-likeness (QED) is 0.394. The summed E-state index contributed by atoms with van der Waals surface area (Å²) >= 11 is 0. The van der Waals surface area contributed by atoms with Crippen LogP contribution in [-0.2, 0) is 27.7 Å². The van der Waals surface area contributed by atoms with Crippen molar-refractivity contribution in [1.82, 2.24) is 0 Å². The maximum atomic E-state index is 11.8. The number of hydrogen-bond acceptors (Lipinski definition) is 6. The van der Waals surface area contributed by atoms with Gasteiger partial charge in [-0.05, 0) is 20.8 Å². The van der Waals surface area contributed by atoms with Crippen LogP contribution < -0.4 is 0 Å². The van der Waals surface area contributed by atoms with Gasteiger partial charge in [0.15, 0.2) is 0 Å². The molecule has 0 unspecified atom stereocenters. The fourth-order valence-electron chi connectivity index (χ4n) is 0.804. The molecule has 0 aliphatic carbocycles. The van der Waals surface area contributed by atoms with Crippen molar-refractivity contribution in [3.63, 3.8) is 0 Å². The Hall–Kier alpha value is -0.840. The number of carbonyl (C=O) groups excluding carboxylic acids is 1. The topological polar surface area (TPSA) is 71.1 Å². The minimum Gasteiger partial charge on any atom is -0.428 e. The Morgan fingerprint density at radius 3 is 2.06 bits per heavy atom. The molecule has 0 N–H and O–H groups in total. The van der Waals surface area contributed by atoms with E-state index in [-0.39, 0.29) is 19.0 Å². The molecule has 0 saturated heterocycles. The molecular formula is C9H17O6P. The minimum atomic E-state index is -3.58. The van der Waals surface area contributed by atoms with Gasteiger partial charge in [-0.1, -0.05) is 0 Å². The van der Waals surface area contributed by atoms with E-state index >= 15 is 0 Å². The first kappa shape index (κ1) is 15.2. The Morgan fingerprint density at radius 1 is 1.19 bits per heavy atom. The van der Waals surface area contributed by atoms with Crippen LogP contribution in [0.5, 0.6) is 0 Å². The highest BCUT2D eigenvalue weighted by molar-refractivity contribution is 7.48. The van der Waals surface area contributed by atoms with Gasteiger partial charge in [-0.3, -0.25) is 13.8 Å². The van der Waals surface area contributed by atoms with Crippen LogP contribution in [0.1, 0.15) is 27.7 Å². The molecule has 0 atom stereocenters. The highest BCUT2D eigenvalue weighted by Crippen LogP contribution is 2.49. The van der Waals surface area contributed by atoms with Crippen LogP contribution in [0, 0.1) is 0 Å². The Balaban J connectivity index is 4.41. The van der Waals surface area contributed by atoms with E-state index in [1.807, 2.05) is 0 Å². The van der Waals surface area contributed by atoms with Crippen molar-refractivity contribution in [3.05, 3.63) is 12.0 Å². The van der Waals surface area contributed by atoms with E-state index in [1.54, 1.807) is 13.8 Å². The van der Waals surface area contributed by atoms with E-state index in [9.17, 15) is 9.36 Å². The molecule has 0 aliphatic rings. The second-order valence-corrected chi connectivity index (χ2v) is 4.33. The highest BCUT2D eigenvalue weighted by atomic mass is 31.2. The minimum absolute atomic E-state index is 0.173. The third kappa shape index (κ3) is 6.61. The average molecular weight is 252 g/mol. The van der Waals surface area contributed by atoms with E-state index < -0.39 is 13.8 Å². The van der Waals surface area contributed by atoms with E-state index in [4.69, 9.17) is 13.6 Å². The molecule has 0 bridgehead atoms. The van der Waals surface area contributed by atoms with Gasteiger partial charge in [0.05, 0.1) is 13.2 Å². The third-order valence-electron chi connectivity index (χ3n) is 1.23. The molecule has 0 aliphatic heterocycles. The van der Waals surface area contributed by atoms with E-state index in [2.05, 4.69) is 4.74 Å². The van der Waals surface area contributed by atoms with Crippen LogP contribution in [0.4, 0.5) is 0 Å². The number of phosphoric ester groups is 1. The average Bonchev–Trinajstić information content (AvgIpc) is 2.15. The van der Waals surface area contributed by atoms with Crippen molar-refractivity contribution in [2.75, 3.05) is 13.2 Å². The first-order valence-electron chi connectivity index (χ1n) is 4.86. The van der Waals surface area contributed by atoms with Crippen LogP contribution in [0.15, 0.2) is 12.0 Å². The number of esters is 1.